The first-order chi connectivity index (χ1) is 10.3. The molecule has 1 aliphatic rings. The molecule has 13 heteroatoms. The minimum Gasteiger partial charge on any atom is -0.790 e. The number of imidazole rings is 1. The van der Waals surface area contributed by atoms with Gasteiger partial charge in [-0.25, -0.2) is 15.0 Å². The van der Waals surface area contributed by atoms with Crippen LogP contribution in [0.15, 0.2) is 12.7 Å². The minimum atomic E-state index is -5.12. The number of hydrogen-bond acceptors (Lipinski definition) is 10. The summed E-state index contributed by atoms with van der Waals surface area (Å²) >= 11 is 0. The van der Waals surface area contributed by atoms with E-state index in [0.29, 0.717) is 11.2 Å². The molecule has 0 radical (unpaired) electrons. The van der Waals surface area contributed by atoms with Gasteiger partial charge in [-0.05, 0) is 0 Å². The van der Waals surface area contributed by atoms with Crippen LogP contribution in [0.3, 0.4) is 0 Å². The first-order valence-electron chi connectivity index (χ1n) is 6.28. The van der Waals surface area contributed by atoms with Crippen molar-refractivity contribution in [2.45, 2.75) is 24.9 Å². The molecule has 0 unspecified atom stereocenters. The number of aliphatic hydroxyl groups is 1. The first-order valence-corrected chi connectivity index (χ1v) is 7.74. The van der Waals surface area contributed by atoms with E-state index in [0.717, 1.165) is 0 Å². The number of ether oxygens (including phenoxy) is 1. The number of phosphoric ester groups is 1. The van der Waals surface area contributed by atoms with Gasteiger partial charge in [-0.3, -0.25) is 4.57 Å². The van der Waals surface area contributed by atoms with E-state index in [1.165, 1.54) is 12.7 Å². The number of hydrogen-bond donors (Lipinski definition) is 2. The van der Waals surface area contributed by atoms with Crippen LogP contribution >= 0.6 is 7.82 Å². The number of anilines is 1. The van der Waals surface area contributed by atoms with Crippen LogP contribution < -0.4 is 15.5 Å². The summed E-state index contributed by atoms with van der Waals surface area (Å²) in [6.07, 6.45) is 0.285. The quantitative estimate of drug-likeness (QED) is 0.434. The third kappa shape index (κ3) is 4.19. The molecule has 2 aromatic rings. The van der Waals surface area contributed by atoms with Gasteiger partial charge in [0.15, 0.2) is 11.5 Å². The van der Waals surface area contributed by atoms with E-state index < -0.39 is 32.9 Å². The van der Waals surface area contributed by atoms with Crippen LogP contribution in [-0.4, -0.2) is 81.2 Å². The Hall–Kier alpha value is -0.360. The van der Waals surface area contributed by atoms with Gasteiger partial charge in [0.1, 0.15) is 24.2 Å². The minimum absolute atomic E-state index is 0. The van der Waals surface area contributed by atoms with Crippen LogP contribution in [0.4, 0.5) is 5.82 Å². The molecule has 23 heavy (non-hydrogen) atoms. The van der Waals surface area contributed by atoms with Crippen LogP contribution in [0.5, 0.6) is 0 Å². The van der Waals surface area contributed by atoms with Crippen molar-refractivity contribution < 1.29 is 28.7 Å². The largest absolute Gasteiger partial charge is 2.00 e. The molecular weight excluding hydrogens is 357 g/mol. The molecule has 3 heterocycles. The van der Waals surface area contributed by atoms with Crippen LogP contribution in [-0.2, 0) is 13.8 Å². The molecule has 1 saturated heterocycles. The molecule has 0 bridgehead atoms. The molecule has 3 N–H and O–H groups in total. The standard InChI is InChI=1S/C10H14N5O6P.Ca/c11-9-8-10(13-3-12-9)15(4-14-8)7-1-5(16)6(21-7)2-20-22(17,18)19;/h3-7,16H,1-2H2,(H2,11,12,13)(H2,17,18,19);/q;+2/p-2/t5-,6+,7+;/m0./s1. The number of aliphatic hydroxyl groups excluding tert-OH is 1. The fraction of sp³-hybridized carbons (Fsp3) is 0.500. The van der Waals surface area contributed by atoms with Crippen LogP contribution in [0.2, 0.25) is 0 Å². The fourth-order valence-electron chi connectivity index (χ4n) is 2.28. The molecule has 1 aliphatic heterocycles. The summed E-state index contributed by atoms with van der Waals surface area (Å²) in [7, 11) is -5.12. The van der Waals surface area contributed by atoms with E-state index in [2.05, 4.69) is 19.5 Å². The monoisotopic (exact) mass is 369 g/mol. The summed E-state index contributed by atoms with van der Waals surface area (Å²) in [4.78, 5) is 32.9. The number of nitrogens with two attached hydrogens (primary N) is 1. The van der Waals surface area contributed by atoms with Crippen molar-refractivity contribution in [3.8, 4) is 0 Å². The number of fused-ring (bicyclic) bond motifs is 1. The smallest absolute Gasteiger partial charge is 0.790 e. The predicted octanol–water partition coefficient (Wildman–Crippen LogP) is -2.48. The van der Waals surface area contributed by atoms with Gasteiger partial charge >= 0.3 is 37.7 Å². The average molecular weight is 369 g/mol. The molecule has 0 aliphatic carbocycles. The molecule has 120 valence electrons. The summed E-state index contributed by atoms with van der Waals surface area (Å²) in [5.74, 6) is 0.209. The second-order valence-corrected chi connectivity index (χ2v) is 5.91. The van der Waals surface area contributed by atoms with E-state index in [-0.39, 0.29) is 50.0 Å². The second kappa shape index (κ2) is 7.26. The summed E-state index contributed by atoms with van der Waals surface area (Å²) in [6.45, 7) is -0.550. The van der Waals surface area contributed by atoms with Gasteiger partial charge in [0.25, 0.3) is 0 Å². The Morgan fingerprint density at radius 2 is 2.22 bits per heavy atom. The van der Waals surface area contributed by atoms with Crippen molar-refractivity contribution in [1.82, 2.24) is 19.5 Å². The summed E-state index contributed by atoms with van der Waals surface area (Å²) in [5, 5.41) is 9.89. The summed E-state index contributed by atoms with van der Waals surface area (Å²) in [5.41, 5.74) is 6.49. The summed E-state index contributed by atoms with van der Waals surface area (Å²) in [6, 6.07) is 0. The third-order valence-electron chi connectivity index (χ3n) is 3.30. The van der Waals surface area contributed by atoms with Gasteiger partial charge in [-0.1, -0.05) is 0 Å². The topological polar surface area (TPSA) is 172 Å². The van der Waals surface area contributed by atoms with Crippen molar-refractivity contribution in [3.63, 3.8) is 0 Å². The number of rotatable bonds is 4. The Morgan fingerprint density at radius 1 is 1.48 bits per heavy atom. The van der Waals surface area contributed by atoms with Crippen molar-refractivity contribution >= 4 is 62.5 Å². The van der Waals surface area contributed by atoms with E-state index in [4.69, 9.17) is 10.5 Å². The van der Waals surface area contributed by atoms with Crippen molar-refractivity contribution in [3.05, 3.63) is 12.7 Å². The Bertz CT molecular complexity index is 738. The molecular formula is C10H12CaN5O6P. The van der Waals surface area contributed by atoms with Gasteiger partial charge in [0.05, 0.1) is 26.9 Å². The maximum atomic E-state index is 10.5. The van der Waals surface area contributed by atoms with Gasteiger partial charge in [0, 0.05) is 6.42 Å². The Balaban J connectivity index is 0.00000192. The average Bonchev–Trinajstić information content (AvgIpc) is 3.00. The maximum Gasteiger partial charge on any atom is 2.00 e. The van der Waals surface area contributed by atoms with Crippen molar-refractivity contribution in [2.75, 3.05) is 12.3 Å². The zero-order chi connectivity index (χ0) is 15.9. The molecule has 11 nitrogen and oxygen atoms in total. The first kappa shape index (κ1) is 19.0. The Morgan fingerprint density at radius 3 is 2.91 bits per heavy atom. The van der Waals surface area contributed by atoms with Crippen molar-refractivity contribution in [1.29, 1.82) is 0 Å². The Labute approximate surface area is 160 Å². The zero-order valence-electron chi connectivity index (χ0n) is 11.8. The number of aromatic nitrogens is 4. The van der Waals surface area contributed by atoms with Crippen LogP contribution in [0, 0.1) is 0 Å². The number of nitrogens with zero attached hydrogens (tertiary/aromatic N) is 4. The van der Waals surface area contributed by atoms with E-state index >= 15 is 0 Å². The molecule has 3 atom stereocenters. The van der Waals surface area contributed by atoms with E-state index in [1.807, 2.05) is 0 Å². The predicted molar refractivity (Wildman–Crippen MR) is 73.6 cm³/mol. The van der Waals surface area contributed by atoms with Gasteiger partial charge < -0.3 is 34.5 Å². The van der Waals surface area contributed by atoms with Gasteiger partial charge in [-0.2, -0.15) is 0 Å². The molecule has 1 fully saturated rings. The molecule has 0 amide bonds. The van der Waals surface area contributed by atoms with E-state index in [1.54, 1.807) is 4.57 Å². The molecule has 0 saturated carbocycles. The third-order valence-corrected chi connectivity index (χ3v) is 3.76. The number of nitrogen functional groups attached to an aromatic ring is 1. The van der Waals surface area contributed by atoms with Gasteiger partial charge in [-0.15, -0.1) is 0 Å². The van der Waals surface area contributed by atoms with Crippen molar-refractivity contribution in [2.24, 2.45) is 0 Å². The Kier molecular flexibility index (Phi) is 5.99. The molecule has 0 spiro atoms. The molecule has 2 aromatic heterocycles. The normalized spacial score (nSPS) is 24.7. The molecule has 0 aromatic carbocycles. The summed E-state index contributed by atoms with van der Waals surface area (Å²) < 4.78 is 21.7. The molecule has 3 rings (SSSR count). The SMILES string of the molecule is Nc1ncnc2c1ncn2[C@H]1C[C@H](O)[C@@H](COP(=O)([O-])[O-])O1.[Ca+2]. The van der Waals surface area contributed by atoms with E-state index in [9.17, 15) is 19.5 Å². The van der Waals surface area contributed by atoms with Crippen LogP contribution in [0.25, 0.3) is 11.2 Å². The van der Waals surface area contributed by atoms with Gasteiger partial charge in [0.2, 0.25) is 0 Å². The maximum absolute atomic E-state index is 10.5. The second-order valence-electron chi connectivity index (χ2n) is 4.76. The fourth-order valence-corrected chi connectivity index (χ4v) is 2.61. The zero-order valence-corrected chi connectivity index (χ0v) is 14.9. The number of phosphoric acid groups is 1. The van der Waals surface area contributed by atoms with Crippen LogP contribution in [0.1, 0.15) is 12.6 Å².